The van der Waals surface area contributed by atoms with Crippen LogP contribution in [0.2, 0.25) is 0 Å². The van der Waals surface area contributed by atoms with E-state index in [2.05, 4.69) is 9.69 Å². The molecular weight excluding hydrogens is 246 g/mol. The fourth-order valence-electron chi connectivity index (χ4n) is 1.58. The van der Waals surface area contributed by atoms with Crippen molar-refractivity contribution in [3.63, 3.8) is 0 Å². The van der Waals surface area contributed by atoms with E-state index in [0.29, 0.717) is 32.0 Å². The van der Waals surface area contributed by atoms with Crippen LogP contribution < -0.4 is 11.1 Å². The van der Waals surface area contributed by atoms with E-state index < -0.39 is 5.60 Å². The maximum absolute atomic E-state index is 10.1. The summed E-state index contributed by atoms with van der Waals surface area (Å²) in [5, 5.41) is 14.2. The van der Waals surface area contributed by atoms with Gasteiger partial charge in [-0.3, -0.25) is 0 Å². The molecule has 0 spiro atoms. The zero-order chi connectivity index (χ0) is 11.6. The average Bonchev–Trinajstić information content (AvgIpc) is 2.83. The highest BCUT2D eigenvalue weighted by atomic mass is 32.2. The van der Waals surface area contributed by atoms with E-state index >= 15 is 0 Å². The standard InChI is InChI=1S/C9H15N3O2S2/c1-15-6-7(10)12-16-8(6)11-4-9(13)2-3-14-5-9/h11,13H,2-5H2,1H3,(H2,10,12). The van der Waals surface area contributed by atoms with Gasteiger partial charge in [0.05, 0.1) is 11.5 Å². The minimum absolute atomic E-state index is 0.392. The normalized spacial score (nSPS) is 24.9. The number of ether oxygens (including phenoxy) is 1. The number of nitrogens with two attached hydrogens (primary N) is 1. The quantitative estimate of drug-likeness (QED) is 0.702. The number of nitrogens with one attached hydrogen (secondary N) is 1. The predicted octanol–water partition coefficient (Wildman–Crippen LogP) is 1.01. The van der Waals surface area contributed by atoms with Gasteiger partial charge in [-0.05, 0) is 17.8 Å². The van der Waals surface area contributed by atoms with Gasteiger partial charge in [0.2, 0.25) is 0 Å². The van der Waals surface area contributed by atoms with Gasteiger partial charge >= 0.3 is 0 Å². The number of nitrogens with zero attached hydrogens (tertiary/aromatic N) is 1. The molecule has 1 saturated heterocycles. The smallest absolute Gasteiger partial charge is 0.153 e. The van der Waals surface area contributed by atoms with Crippen LogP contribution in [-0.4, -0.2) is 41.1 Å². The number of nitrogen functional groups attached to an aromatic ring is 1. The zero-order valence-electron chi connectivity index (χ0n) is 9.02. The predicted molar refractivity (Wildman–Crippen MR) is 67.2 cm³/mol. The van der Waals surface area contributed by atoms with E-state index in [0.717, 1.165) is 9.90 Å². The monoisotopic (exact) mass is 261 g/mol. The molecule has 1 unspecified atom stereocenters. The Labute approximate surface area is 103 Å². The largest absolute Gasteiger partial charge is 0.386 e. The van der Waals surface area contributed by atoms with Crippen LogP contribution in [0.15, 0.2) is 4.90 Å². The van der Waals surface area contributed by atoms with Gasteiger partial charge in [-0.2, -0.15) is 4.37 Å². The van der Waals surface area contributed by atoms with Crippen molar-refractivity contribution in [2.45, 2.75) is 16.9 Å². The van der Waals surface area contributed by atoms with Crippen LogP contribution in [0.3, 0.4) is 0 Å². The van der Waals surface area contributed by atoms with E-state index in [4.69, 9.17) is 10.5 Å². The first-order chi connectivity index (χ1) is 7.64. The summed E-state index contributed by atoms with van der Waals surface area (Å²) in [6.07, 6.45) is 2.63. The molecule has 0 radical (unpaired) electrons. The average molecular weight is 261 g/mol. The Kier molecular flexibility index (Phi) is 3.58. The first-order valence-electron chi connectivity index (χ1n) is 4.98. The molecule has 1 aliphatic heterocycles. The number of aliphatic hydroxyl groups is 1. The van der Waals surface area contributed by atoms with Gasteiger partial charge in [0.15, 0.2) is 5.82 Å². The third-order valence-electron chi connectivity index (χ3n) is 2.54. The SMILES string of the molecule is CSc1c(N)nsc1NCC1(O)CCOC1. The van der Waals surface area contributed by atoms with Crippen LogP contribution in [0.4, 0.5) is 10.8 Å². The van der Waals surface area contributed by atoms with Gasteiger partial charge in [-0.1, -0.05) is 0 Å². The molecule has 0 aromatic carbocycles. The summed E-state index contributed by atoms with van der Waals surface area (Å²) in [5.74, 6) is 0.551. The Morgan fingerprint density at radius 3 is 3.19 bits per heavy atom. The van der Waals surface area contributed by atoms with E-state index in [-0.39, 0.29) is 0 Å². The van der Waals surface area contributed by atoms with Crippen LogP contribution in [0, 0.1) is 0 Å². The van der Waals surface area contributed by atoms with E-state index in [1.165, 1.54) is 11.5 Å². The summed E-state index contributed by atoms with van der Waals surface area (Å²) in [6, 6.07) is 0. The van der Waals surface area contributed by atoms with Gasteiger partial charge < -0.3 is 20.9 Å². The lowest BCUT2D eigenvalue weighted by Crippen LogP contribution is -2.37. The maximum Gasteiger partial charge on any atom is 0.153 e. The van der Waals surface area contributed by atoms with E-state index in [1.807, 2.05) is 6.26 Å². The molecule has 7 heteroatoms. The van der Waals surface area contributed by atoms with Crippen molar-refractivity contribution in [1.29, 1.82) is 0 Å². The van der Waals surface area contributed by atoms with Crippen molar-refractivity contribution in [2.24, 2.45) is 0 Å². The Morgan fingerprint density at radius 2 is 2.56 bits per heavy atom. The topological polar surface area (TPSA) is 80.4 Å². The van der Waals surface area contributed by atoms with E-state index in [9.17, 15) is 5.11 Å². The van der Waals surface area contributed by atoms with Crippen molar-refractivity contribution in [3.05, 3.63) is 0 Å². The lowest BCUT2D eigenvalue weighted by Gasteiger charge is -2.20. The van der Waals surface area contributed by atoms with Gasteiger partial charge in [-0.15, -0.1) is 11.8 Å². The molecule has 0 saturated carbocycles. The summed E-state index contributed by atoms with van der Waals surface area (Å²) < 4.78 is 9.26. The molecule has 1 aliphatic rings. The second-order valence-electron chi connectivity index (χ2n) is 3.81. The van der Waals surface area contributed by atoms with Crippen molar-refractivity contribution < 1.29 is 9.84 Å². The Hall–Kier alpha value is -0.500. The maximum atomic E-state index is 10.1. The molecule has 4 N–H and O–H groups in total. The third-order valence-corrected chi connectivity index (χ3v) is 4.31. The summed E-state index contributed by atoms with van der Waals surface area (Å²) in [4.78, 5) is 0.951. The molecule has 1 atom stereocenters. The first-order valence-corrected chi connectivity index (χ1v) is 6.97. The van der Waals surface area contributed by atoms with Crippen LogP contribution >= 0.6 is 23.3 Å². The van der Waals surface area contributed by atoms with Crippen LogP contribution in [-0.2, 0) is 4.74 Å². The van der Waals surface area contributed by atoms with Crippen molar-refractivity contribution >= 4 is 34.1 Å². The molecule has 1 fully saturated rings. The molecular formula is C9H15N3O2S2. The second kappa shape index (κ2) is 4.79. The third kappa shape index (κ3) is 2.42. The van der Waals surface area contributed by atoms with Crippen LogP contribution in [0.1, 0.15) is 6.42 Å². The highest BCUT2D eigenvalue weighted by Gasteiger charge is 2.32. The summed E-state index contributed by atoms with van der Waals surface area (Å²) in [7, 11) is 0. The molecule has 16 heavy (non-hydrogen) atoms. The molecule has 2 heterocycles. The van der Waals surface area contributed by atoms with Crippen molar-refractivity contribution in [3.8, 4) is 0 Å². The number of aromatic nitrogens is 1. The summed E-state index contributed by atoms with van der Waals surface area (Å²) in [6.45, 7) is 1.49. The molecule has 0 aliphatic carbocycles. The van der Waals surface area contributed by atoms with Gasteiger partial charge in [0, 0.05) is 19.6 Å². The van der Waals surface area contributed by atoms with Crippen LogP contribution in [0.5, 0.6) is 0 Å². The minimum atomic E-state index is -0.756. The fourth-order valence-corrected chi connectivity index (χ4v) is 3.12. The van der Waals surface area contributed by atoms with Crippen LogP contribution in [0.25, 0.3) is 0 Å². The molecule has 0 amide bonds. The van der Waals surface area contributed by atoms with Gasteiger partial charge in [0.1, 0.15) is 10.6 Å². The lowest BCUT2D eigenvalue weighted by molar-refractivity contribution is 0.0382. The fraction of sp³-hybridized carbons (Fsp3) is 0.667. The zero-order valence-corrected chi connectivity index (χ0v) is 10.7. The molecule has 0 bridgehead atoms. The molecule has 1 aromatic heterocycles. The van der Waals surface area contributed by atoms with Crippen molar-refractivity contribution in [2.75, 3.05) is 37.1 Å². The second-order valence-corrected chi connectivity index (χ2v) is 5.40. The van der Waals surface area contributed by atoms with Crippen molar-refractivity contribution in [1.82, 2.24) is 4.37 Å². The first kappa shape index (κ1) is 12.0. The summed E-state index contributed by atoms with van der Waals surface area (Å²) in [5.41, 5.74) is 4.96. The van der Waals surface area contributed by atoms with Gasteiger partial charge in [-0.25, -0.2) is 0 Å². The lowest BCUT2D eigenvalue weighted by atomic mass is 10.0. The highest BCUT2D eigenvalue weighted by Crippen LogP contribution is 2.35. The van der Waals surface area contributed by atoms with Gasteiger partial charge in [0.25, 0.3) is 0 Å². The molecule has 1 aromatic rings. The Morgan fingerprint density at radius 1 is 1.75 bits per heavy atom. The molecule has 90 valence electrons. The number of anilines is 2. The number of hydrogen-bond acceptors (Lipinski definition) is 7. The number of thioether (sulfide) groups is 1. The minimum Gasteiger partial charge on any atom is -0.386 e. The molecule has 2 rings (SSSR count). The Bertz CT molecular complexity index is 364. The Balaban J connectivity index is 1.98. The van der Waals surface area contributed by atoms with E-state index in [1.54, 1.807) is 11.8 Å². The number of hydrogen-bond donors (Lipinski definition) is 3. The summed E-state index contributed by atoms with van der Waals surface area (Å²) >= 11 is 2.88. The molecule has 5 nitrogen and oxygen atoms in total. The highest BCUT2D eigenvalue weighted by molar-refractivity contribution is 7.99. The number of rotatable bonds is 4.